The first-order chi connectivity index (χ1) is 5.36. The Morgan fingerprint density at radius 3 is 3.18 bits per heavy atom. The predicted octanol–water partition coefficient (Wildman–Crippen LogP) is 0.246. The van der Waals surface area contributed by atoms with Gasteiger partial charge >= 0.3 is 0 Å². The van der Waals surface area contributed by atoms with E-state index >= 15 is 0 Å². The molecule has 1 aromatic heterocycles. The minimum Gasteiger partial charge on any atom is -0.432 e. The van der Waals surface area contributed by atoms with Crippen LogP contribution < -0.4 is 4.90 Å². The van der Waals surface area contributed by atoms with Gasteiger partial charge in [0.1, 0.15) is 6.26 Å². The molecule has 11 heavy (non-hydrogen) atoms. The van der Waals surface area contributed by atoms with E-state index in [1.54, 1.807) is 12.5 Å². The molecule has 1 aromatic rings. The minimum atomic E-state index is -0.220. The largest absolute Gasteiger partial charge is 0.432 e. The lowest BCUT2D eigenvalue weighted by Crippen LogP contribution is -2.21. The fraction of sp³-hybridized carbons (Fsp3) is 0.571. The minimum absolute atomic E-state index is 0.220. The molecule has 0 radical (unpaired) electrons. The number of rotatable bonds is 1. The molecule has 0 amide bonds. The lowest BCUT2D eigenvalue weighted by Gasteiger charge is -2.10. The topological polar surface area (TPSA) is 49.5 Å². The zero-order chi connectivity index (χ0) is 7.68. The quantitative estimate of drug-likeness (QED) is 0.629. The van der Waals surface area contributed by atoms with E-state index in [1.165, 1.54) is 0 Å². The molecular formula is C7H10N2O2. The lowest BCUT2D eigenvalue weighted by molar-refractivity contribution is 0.198. The molecule has 1 atom stereocenters. The lowest BCUT2D eigenvalue weighted by atomic mass is 10.3. The summed E-state index contributed by atoms with van der Waals surface area (Å²) in [7, 11) is 0. The van der Waals surface area contributed by atoms with Crippen LogP contribution in [0.2, 0.25) is 0 Å². The van der Waals surface area contributed by atoms with E-state index in [4.69, 9.17) is 4.42 Å². The van der Waals surface area contributed by atoms with Gasteiger partial charge in [-0.1, -0.05) is 0 Å². The van der Waals surface area contributed by atoms with Crippen molar-refractivity contribution in [1.29, 1.82) is 0 Å². The number of anilines is 1. The monoisotopic (exact) mass is 154 g/mol. The number of oxazole rings is 1. The first-order valence-electron chi connectivity index (χ1n) is 3.69. The van der Waals surface area contributed by atoms with Crippen LogP contribution in [0.25, 0.3) is 0 Å². The summed E-state index contributed by atoms with van der Waals surface area (Å²) >= 11 is 0. The molecule has 2 heterocycles. The van der Waals surface area contributed by atoms with Crippen LogP contribution in [0.3, 0.4) is 0 Å². The van der Waals surface area contributed by atoms with E-state index in [1.807, 2.05) is 4.90 Å². The van der Waals surface area contributed by atoms with Crippen LogP contribution in [0, 0.1) is 0 Å². The van der Waals surface area contributed by atoms with Crippen molar-refractivity contribution in [1.82, 2.24) is 4.98 Å². The van der Waals surface area contributed by atoms with Crippen LogP contribution >= 0.6 is 0 Å². The Bertz CT molecular complexity index is 222. The number of nitrogens with zero attached hydrogens (tertiary/aromatic N) is 2. The fourth-order valence-electron chi connectivity index (χ4n) is 1.29. The molecule has 1 aliphatic rings. The second kappa shape index (κ2) is 2.54. The van der Waals surface area contributed by atoms with Gasteiger partial charge < -0.3 is 14.4 Å². The van der Waals surface area contributed by atoms with Gasteiger partial charge in [-0.05, 0) is 6.42 Å². The van der Waals surface area contributed by atoms with Crippen LogP contribution in [0.4, 0.5) is 6.01 Å². The van der Waals surface area contributed by atoms with E-state index in [0.29, 0.717) is 12.6 Å². The fourth-order valence-corrected chi connectivity index (χ4v) is 1.29. The van der Waals surface area contributed by atoms with Crippen molar-refractivity contribution in [3.63, 3.8) is 0 Å². The predicted molar refractivity (Wildman–Crippen MR) is 39.3 cm³/mol. The molecule has 0 unspecified atom stereocenters. The third-order valence-corrected chi connectivity index (χ3v) is 1.85. The molecule has 4 heteroatoms. The second-order valence-corrected chi connectivity index (χ2v) is 2.70. The van der Waals surface area contributed by atoms with Crippen LogP contribution in [-0.4, -0.2) is 29.3 Å². The Morgan fingerprint density at radius 2 is 2.64 bits per heavy atom. The smallest absolute Gasteiger partial charge is 0.297 e. The van der Waals surface area contributed by atoms with Gasteiger partial charge in [-0.2, -0.15) is 0 Å². The maximum atomic E-state index is 9.19. The van der Waals surface area contributed by atoms with Gasteiger partial charge in [-0.3, -0.25) is 0 Å². The Hall–Kier alpha value is -1.03. The summed E-state index contributed by atoms with van der Waals surface area (Å²) in [5.41, 5.74) is 0. The molecule has 1 N–H and O–H groups in total. The summed E-state index contributed by atoms with van der Waals surface area (Å²) in [5.74, 6) is 0. The van der Waals surface area contributed by atoms with Gasteiger partial charge in [0.25, 0.3) is 6.01 Å². The molecule has 0 bridgehead atoms. The zero-order valence-electron chi connectivity index (χ0n) is 6.10. The van der Waals surface area contributed by atoms with Gasteiger partial charge in [0.05, 0.1) is 12.3 Å². The SMILES string of the molecule is O[C@H]1CCN(c2ncco2)C1. The van der Waals surface area contributed by atoms with Crippen molar-refractivity contribution >= 4 is 6.01 Å². The molecule has 2 rings (SSSR count). The summed E-state index contributed by atoms with van der Waals surface area (Å²) < 4.78 is 5.07. The standard InChI is InChI=1S/C7H10N2O2/c10-6-1-3-9(5-6)7-8-2-4-11-7/h2,4,6,10H,1,3,5H2/t6-/m0/s1. The van der Waals surface area contributed by atoms with Crippen molar-refractivity contribution < 1.29 is 9.52 Å². The van der Waals surface area contributed by atoms with Gasteiger partial charge in [0.15, 0.2) is 0 Å². The van der Waals surface area contributed by atoms with E-state index in [9.17, 15) is 5.11 Å². The van der Waals surface area contributed by atoms with Crippen LogP contribution in [-0.2, 0) is 0 Å². The first-order valence-corrected chi connectivity index (χ1v) is 3.69. The molecular weight excluding hydrogens is 144 g/mol. The van der Waals surface area contributed by atoms with Crippen molar-refractivity contribution in [3.8, 4) is 0 Å². The maximum Gasteiger partial charge on any atom is 0.297 e. The highest BCUT2D eigenvalue weighted by molar-refractivity contribution is 5.26. The highest BCUT2D eigenvalue weighted by Gasteiger charge is 2.22. The average molecular weight is 154 g/mol. The van der Waals surface area contributed by atoms with Crippen molar-refractivity contribution in [2.24, 2.45) is 0 Å². The summed E-state index contributed by atoms with van der Waals surface area (Å²) in [6, 6.07) is 0.613. The number of aliphatic hydroxyl groups excluding tert-OH is 1. The Morgan fingerprint density at radius 1 is 1.73 bits per heavy atom. The van der Waals surface area contributed by atoms with Crippen LogP contribution in [0.1, 0.15) is 6.42 Å². The van der Waals surface area contributed by atoms with Crippen molar-refractivity contribution in [2.75, 3.05) is 18.0 Å². The third-order valence-electron chi connectivity index (χ3n) is 1.85. The van der Waals surface area contributed by atoms with Crippen molar-refractivity contribution in [3.05, 3.63) is 12.5 Å². The molecule has 0 spiro atoms. The average Bonchev–Trinajstić information content (AvgIpc) is 2.55. The van der Waals surface area contributed by atoms with Crippen LogP contribution in [0.5, 0.6) is 0 Å². The molecule has 0 saturated carbocycles. The molecule has 0 aliphatic carbocycles. The Balaban J connectivity index is 2.08. The zero-order valence-corrected chi connectivity index (χ0v) is 6.10. The van der Waals surface area contributed by atoms with Gasteiger partial charge in [0.2, 0.25) is 0 Å². The highest BCUT2D eigenvalue weighted by Crippen LogP contribution is 2.17. The van der Waals surface area contributed by atoms with Gasteiger partial charge in [-0.15, -0.1) is 0 Å². The van der Waals surface area contributed by atoms with E-state index in [2.05, 4.69) is 4.98 Å². The van der Waals surface area contributed by atoms with Gasteiger partial charge in [-0.25, -0.2) is 4.98 Å². The number of aliphatic hydroxyl groups is 1. The number of hydrogen-bond acceptors (Lipinski definition) is 4. The van der Waals surface area contributed by atoms with E-state index in [-0.39, 0.29) is 6.10 Å². The molecule has 1 fully saturated rings. The van der Waals surface area contributed by atoms with Crippen LogP contribution in [0.15, 0.2) is 16.9 Å². The van der Waals surface area contributed by atoms with Gasteiger partial charge in [0, 0.05) is 13.1 Å². The molecule has 4 nitrogen and oxygen atoms in total. The Kier molecular flexibility index (Phi) is 1.54. The van der Waals surface area contributed by atoms with Crippen molar-refractivity contribution in [2.45, 2.75) is 12.5 Å². The second-order valence-electron chi connectivity index (χ2n) is 2.70. The highest BCUT2D eigenvalue weighted by atomic mass is 16.4. The summed E-state index contributed by atoms with van der Waals surface area (Å²) in [6.07, 6.45) is 3.74. The summed E-state index contributed by atoms with van der Waals surface area (Å²) in [5, 5.41) is 9.19. The van der Waals surface area contributed by atoms with E-state index in [0.717, 1.165) is 13.0 Å². The third kappa shape index (κ3) is 1.21. The maximum absolute atomic E-state index is 9.19. The number of hydrogen-bond donors (Lipinski definition) is 1. The molecule has 60 valence electrons. The van der Waals surface area contributed by atoms with E-state index < -0.39 is 0 Å². The number of β-amino-alcohol motifs (C(OH)–C–C–N with tert-alkyl or cyclic N) is 1. The number of aromatic nitrogens is 1. The molecule has 0 aromatic carbocycles. The molecule has 1 aliphatic heterocycles. The molecule has 1 saturated heterocycles. The summed E-state index contributed by atoms with van der Waals surface area (Å²) in [4.78, 5) is 5.92. The summed E-state index contributed by atoms with van der Waals surface area (Å²) in [6.45, 7) is 1.47. The first kappa shape index (κ1) is 6.67. The Labute approximate surface area is 64.5 Å². The normalized spacial score (nSPS) is 24.5.